The summed E-state index contributed by atoms with van der Waals surface area (Å²) in [7, 11) is 0. The van der Waals surface area contributed by atoms with Crippen molar-refractivity contribution >= 4 is 28.4 Å². The zero-order chi connectivity index (χ0) is 23.7. The third kappa shape index (κ3) is 3.01. The van der Waals surface area contributed by atoms with Crippen LogP contribution >= 0.6 is 11.8 Å². The van der Waals surface area contributed by atoms with Crippen LogP contribution in [0.5, 0.6) is 0 Å². The lowest BCUT2D eigenvalue weighted by atomic mass is 9.92. The van der Waals surface area contributed by atoms with Gasteiger partial charge in [0.05, 0.1) is 19.3 Å². The second-order valence-electron chi connectivity index (χ2n) is 9.04. The first-order chi connectivity index (χ1) is 17.1. The highest BCUT2D eigenvalue weighted by Crippen LogP contribution is 2.50. The molecule has 2 fully saturated rings. The number of rotatable bonds is 1. The monoisotopic (exact) mass is 485 g/mol. The number of fused-ring (bicyclic) bond motifs is 3. The van der Waals surface area contributed by atoms with Gasteiger partial charge in [-0.3, -0.25) is 9.80 Å². The zero-order valence-corrected chi connectivity index (χ0v) is 19.6. The largest absolute Gasteiger partial charge is 0.507 e. The number of amides is 1. The molecule has 1 unspecified atom stereocenters. The molecule has 7 rings (SSSR count). The van der Waals surface area contributed by atoms with Gasteiger partial charge in [-0.15, -0.1) is 0 Å². The molecule has 4 heterocycles. The average molecular weight is 486 g/mol. The quantitative estimate of drug-likeness (QED) is 0.544. The molecule has 0 bridgehead atoms. The van der Waals surface area contributed by atoms with Gasteiger partial charge in [0, 0.05) is 27.9 Å². The molecule has 0 radical (unpaired) electrons. The minimum atomic E-state index is -1.22. The summed E-state index contributed by atoms with van der Waals surface area (Å²) < 4.78 is 5.88. The van der Waals surface area contributed by atoms with E-state index in [0.29, 0.717) is 19.8 Å². The summed E-state index contributed by atoms with van der Waals surface area (Å²) >= 11 is 1.75. The summed E-state index contributed by atoms with van der Waals surface area (Å²) in [5.41, 5.74) is 2.32. The molecule has 7 nitrogen and oxygen atoms in total. The third-order valence-electron chi connectivity index (χ3n) is 7.17. The van der Waals surface area contributed by atoms with E-state index in [1.165, 1.54) is 16.4 Å². The molecule has 8 heteroatoms. The second-order valence-corrected chi connectivity index (χ2v) is 10.1. The fraction of sp³-hybridized carbons (Fsp3) is 0.222. The number of ether oxygens (including phenoxy) is 1. The lowest BCUT2D eigenvalue weighted by molar-refractivity contribution is -0.190. The highest BCUT2D eigenvalue weighted by molar-refractivity contribution is 7.99. The van der Waals surface area contributed by atoms with Gasteiger partial charge in [-0.05, 0) is 34.7 Å². The van der Waals surface area contributed by atoms with E-state index in [4.69, 9.17) is 4.74 Å². The van der Waals surface area contributed by atoms with Crippen LogP contribution in [0.25, 0.3) is 10.8 Å². The van der Waals surface area contributed by atoms with Gasteiger partial charge in [-0.2, -0.15) is 5.01 Å². The maximum atomic E-state index is 13.5. The average Bonchev–Trinajstić information content (AvgIpc) is 3.02. The predicted octanol–water partition coefficient (Wildman–Crippen LogP) is 3.77. The number of aliphatic hydroxyl groups excluding tert-OH is 2. The van der Waals surface area contributed by atoms with Crippen LogP contribution in [-0.2, 0) is 9.53 Å². The van der Waals surface area contributed by atoms with Gasteiger partial charge in [0.25, 0.3) is 5.91 Å². The van der Waals surface area contributed by atoms with Gasteiger partial charge in [0.2, 0.25) is 0 Å². The maximum absolute atomic E-state index is 13.5. The number of aliphatic hydroxyl groups is 2. The van der Waals surface area contributed by atoms with Gasteiger partial charge in [-0.25, -0.2) is 0 Å². The van der Waals surface area contributed by atoms with Crippen molar-refractivity contribution in [3.8, 4) is 0 Å². The van der Waals surface area contributed by atoms with E-state index in [9.17, 15) is 15.0 Å². The number of carbonyl (C=O) groups excluding carboxylic acids is 1. The number of nitrogens with zero attached hydrogens (tertiary/aromatic N) is 3. The Morgan fingerprint density at radius 3 is 2.63 bits per heavy atom. The highest BCUT2D eigenvalue weighted by atomic mass is 32.2. The van der Waals surface area contributed by atoms with E-state index >= 15 is 0 Å². The number of morpholine rings is 1. The molecule has 3 aromatic carbocycles. The van der Waals surface area contributed by atoms with Crippen LogP contribution in [0, 0.1) is 0 Å². The Hall–Kier alpha value is -3.30. The molecule has 1 amide bonds. The molecule has 176 valence electrons. The van der Waals surface area contributed by atoms with Crippen molar-refractivity contribution in [3.63, 3.8) is 0 Å². The molecule has 0 spiro atoms. The van der Waals surface area contributed by atoms with Crippen molar-refractivity contribution in [2.45, 2.75) is 28.1 Å². The van der Waals surface area contributed by atoms with Crippen LogP contribution in [-0.4, -0.2) is 63.1 Å². The lowest BCUT2D eigenvalue weighted by Crippen LogP contribution is -2.67. The van der Waals surface area contributed by atoms with Crippen LogP contribution in [0.2, 0.25) is 0 Å². The van der Waals surface area contributed by atoms with Crippen LogP contribution < -0.4 is 0 Å². The molecular formula is C27H23N3O4S. The molecule has 3 atom stereocenters. The smallest absolute Gasteiger partial charge is 0.277 e. The van der Waals surface area contributed by atoms with Crippen molar-refractivity contribution in [1.29, 1.82) is 0 Å². The summed E-state index contributed by atoms with van der Waals surface area (Å²) in [6.45, 7) is 1.18. The number of benzene rings is 3. The first kappa shape index (κ1) is 21.0. The molecule has 0 aliphatic carbocycles. The highest BCUT2D eigenvalue weighted by Gasteiger charge is 2.50. The Morgan fingerprint density at radius 2 is 1.74 bits per heavy atom. The molecule has 3 aromatic rings. The van der Waals surface area contributed by atoms with E-state index in [2.05, 4.69) is 53.5 Å². The van der Waals surface area contributed by atoms with Gasteiger partial charge in [-0.1, -0.05) is 60.3 Å². The van der Waals surface area contributed by atoms with Crippen LogP contribution in [0.1, 0.15) is 17.2 Å². The molecule has 4 aliphatic rings. The van der Waals surface area contributed by atoms with Crippen LogP contribution in [0.15, 0.2) is 94.2 Å². The van der Waals surface area contributed by atoms with Crippen molar-refractivity contribution in [2.75, 3.05) is 19.8 Å². The minimum absolute atomic E-state index is 0.0907. The lowest BCUT2D eigenvalue weighted by Gasteiger charge is -2.55. The Morgan fingerprint density at radius 1 is 0.971 bits per heavy atom. The standard InChI is InChI=1S/C27H23N3O4S/c31-19-11-12-29-25(26(19)32)27(33)28-13-14-34-15-22(28)30(29)24-17-7-1-2-9-20(17)35-21-10-4-6-16-5-3-8-18(24)23(16)21/h1-12,19,22,24,31-32H,13-15H2/t19?,22-,24-/m1/s1. The van der Waals surface area contributed by atoms with Crippen molar-refractivity contribution in [1.82, 2.24) is 14.9 Å². The Kier molecular flexibility index (Phi) is 4.72. The van der Waals surface area contributed by atoms with Crippen molar-refractivity contribution < 1.29 is 19.7 Å². The van der Waals surface area contributed by atoms with Gasteiger partial charge < -0.3 is 19.8 Å². The van der Waals surface area contributed by atoms with Gasteiger partial charge >= 0.3 is 0 Å². The summed E-state index contributed by atoms with van der Waals surface area (Å²) in [6.07, 6.45) is 1.60. The van der Waals surface area contributed by atoms with E-state index in [1.807, 2.05) is 12.1 Å². The first-order valence-corrected chi connectivity index (χ1v) is 12.5. The Labute approximate surface area is 206 Å². The molecule has 2 saturated heterocycles. The fourth-order valence-electron chi connectivity index (χ4n) is 5.63. The van der Waals surface area contributed by atoms with E-state index in [0.717, 1.165) is 21.4 Å². The molecule has 0 aromatic heterocycles. The van der Waals surface area contributed by atoms with Gasteiger partial charge in [0.1, 0.15) is 12.3 Å². The predicted molar refractivity (Wildman–Crippen MR) is 131 cm³/mol. The van der Waals surface area contributed by atoms with E-state index in [-0.39, 0.29) is 29.6 Å². The van der Waals surface area contributed by atoms with Crippen molar-refractivity contribution in [2.24, 2.45) is 0 Å². The summed E-state index contributed by atoms with van der Waals surface area (Å²) in [6, 6.07) is 20.8. The second kappa shape index (κ2) is 7.86. The van der Waals surface area contributed by atoms with Crippen molar-refractivity contribution in [3.05, 3.63) is 95.5 Å². The number of hydrazine groups is 1. The molecule has 4 aliphatic heterocycles. The minimum Gasteiger partial charge on any atom is -0.507 e. The van der Waals surface area contributed by atoms with E-state index in [1.54, 1.807) is 27.9 Å². The summed E-state index contributed by atoms with van der Waals surface area (Å²) in [5, 5.41) is 27.4. The van der Waals surface area contributed by atoms with E-state index < -0.39 is 6.10 Å². The van der Waals surface area contributed by atoms with Crippen LogP contribution in [0.3, 0.4) is 0 Å². The maximum Gasteiger partial charge on any atom is 0.277 e. The molecule has 0 saturated carbocycles. The molecule has 35 heavy (non-hydrogen) atoms. The Balaban J connectivity index is 1.53. The van der Waals surface area contributed by atoms with Crippen LogP contribution in [0.4, 0.5) is 0 Å². The van der Waals surface area contributed by atoms with Gasteiger partial charge in [0.15, 0.2) is 11.5 Å². The topological polar surface area (TPSA) is 76.5 Å². The number of hydrogen-bond donors (Lipinski definition) is 2. The number of hydrogen-bond acceptors (Lipinski definition) is 7. The third-order valence-corrected chi connectivity index (χ3v) is 8.33. The SMILES string of the molecule is O=C1C2=C(O)C(O)C=CN2N([C@@H]2c3ccccc3Sc3cccc4cccc2c34)[C@@H]2COCCN12. The first-order valence-electron chi connectivity index (χ1n) is 11.7. The molecular weight excluding hydrogens is 462 g/mol. The summed E-state index contributed by atoms with van der Waals surface area (Å²) in [4.78, 5) is 17.6. The zero-order valence-electron chi connectivity index (χ0n) is 18.7. The normalized spacial score (nSPS) is 25.9. The Bertz CT molecular complexity index is 1430. The number of carbonyl (C=O) groups is 1. The molecule has 2 N–H and O–H groups in total. The fourth-order valence-corrected chi connectivity index (χ4v) is 6.79. The summed E-state index contributed by atoms with van der Waals surface area (Å²) in [5.74, 6) is -0.632.